The molecule has 2 aromatic carbocycles. The Bertz CT molecular complexity index is 1250. The van der Waals surface area contributed by atoms with Crippen molar-refractivity contribution in [1.82, 2.24) is 9.97 Å². The van der Waals surface area contributed by atoms with Gasteiger partial charge in [0.2, 0.25) is 0 Å². The molecule has 220 valence electrons. The van der Waals surface area contributed by atoms with Crippen molar-refractivity contribution in [1.29, 1.82) is 5.41 Å². The lowest BCUT2D eigenvalue weighted by Crippen LogP contribution is -2.05. The SMILES string of the molecule is Br.COc1ccc(/C=C/c2cc(/C=C/c3ccc(OC)c(OC)c3)nc(OCCCCCSC(=N)N)n2)cc1OC. The molecule has 1 aromatic heterocycles. The van der Waals surface area contributed by atoms with Gasteiger partial charge in [0, 0.05) is 5.75 Å². The zero-order valence-electron chi connectivity index (χ0n) is 23.7. The smallest absolute Gasteiger partial charge is 0.317 e. The van der Waals surface area contributed by atoms with E-state index in [1.165, 1.54) is 11.8 Å². The fraction of sp³-hybridized carbons (Fsp3) is 0.300. The molecule has 0 amide bonds. The number of halogens is 1. The number of hydrogen-bond donors (Lipinski definition) is 2. The maximum Gasteiger partial charge on any atom is 0.317 e. The highest BCUT2D eigenvalue weighted by molar-refractivity contribution is 8.93. The van der Waals surface area contributed by atoms with Crippen molar-refractivity contribution in [3.8, 4) is 29.0 Å². The van der Waals surface area contributed by atoms with Gasteiger partial charge in [-0.15, -0.1) is 17.0 Å². The van der Waals surface area contributed by atoms with Gasteiger partial charge in [0.15, 0.2) is 28.2 Å². The van der Waals surface area contributed by atoms with Crippen molar-refractivity contribution in [2.24, 2.45) is 5.73 Å². The van der Waals surface area contributed by atoms with Gasteiger partial charge in [0.25, 0.3) is 0 Å². The summed E-state index contributed by atoms with van der Waals surface area (Å²) in [7, 11) is 6.44. The van der Waals surface area contributed by atoms with Crippen molar-refractivity contribution < 1.29 is 23.7 Å². The average Bonchev–Trinajstić information content (AvgIpc) is 2.97. The summed E-state index contributed by atoms with van der Waals surface area (Å²) in [4.78, 5) is 9.18. The van der Waals surface area contributed by atoms with E-state index in [4.69, 9.17) is 34.8 Å². The van der Waals surface area contributed by atoms with E-state index in [0.717, 1.165) is 36.1 Å². The topological polar surface area (TPSA) is 122 Å². The second-order valence-corrected chi connectivity index (χ2v) is 9.65. The molecule has 0 unspecified atom stereocenters. The van der Waals surface area contributed by atoms with E-state index in [0.29, 0.717) is 47.0 Å². The van der Waals surface area contributed by atoms with Gasteiger partial charge < -0.3 is 29.4 Å². The van der Waals surface area contributed by atoms with Gasteiger partial charge in [0.05, 0.1) is 46.4 Å². The first-order chi connectivity index (χ1) is 19.4. The number of methoxy groups -OCH3 is 4. The van der Waals surface area contributed by atoms with Crippen LogP contribution in [0, 0.1) is 5.41 Å². The Morgan fingerprint density at radius 3 is 1.71 bits per heavy atom. The summed E-state index contributed by atoms with van der Waals surface area (Å²) < 4.78 is 27.4. The third-order valence-corrected chi connectivity index (χ3v) is 6.53. The van der Waals surface area contributed by atoms with Crippen LogP contribution in [0.2, 0.25) is 0 Å². The van der Waals surface area contributed by atoms with Crippen molar-refractivity contribution in [2.45, 2.75) is 19.3 Å². The summed E-state index contributed by atoms with van der Waals surface area (Å²) in [5.41, 5.74) is 8.65. The number of nitrogens with two attached hydrogens (primary N) is 1. The molecule has 41 heavy (non-hydrogen) atoms. The summed E-state index contributed by atoms with van der Waals surface area (Å²) in [6, 6.07) is 13.6. The lowest BCUT2D eigenvalue weighted by Gasteiger charge is -2.08. The number of nitrogens with zero attached hydrogens (tertiary/aromatic N) is 2. The van der Waals surface area contributed by atoms with E-state index >= 15 is 0 Å². The van der Waals surface area contributed by atoms with Crippen molar-refractivity contribution >= 4 is 58.2 Å². The lowest BCUT2D eigenvalue weighted by molar-refractivity contribution is 0.282. The Morgan fingerprint density at radius 1 is 0.732 bits per heavy atom. The molecule has 11 heteroatoms. The number of nitrogens with one attached hydrogen (secondary N) is 1. The van der Waals surface area contributed by atoms with Crippen LogP contribution in [0.3, 0.4) is 0 Å². The quantitative estimate of drug-likeness (QED) is 0.107. The summed E-state index contributed by atoms with van der Waals surface area (Å²) in [5, 5.41) is 7.43. The van der Waals surface area contributed by atoms with Crippen molar-refractivity contribution in [2.75, 3.05) is 40.8 Å². The normalized spacial score (nSPS) is 10.8. The molecule has 0 saturated heterocycles. The molecule has 3 aromatic rings. The number of ether oxygens (including phenoxy) is 5. The number of rotatable bonds is 15. The van der Waals surface area contributed by atoms with Gasteiger partial charge in [-0.3, -0.25) is 5.41 Å². The number of hydrogen-bond acceptors (Lipinski definition) is 9. The molecule has 0 aliphatic heterocycles. The maximum absolute atomic E-state index is 7.28. The van der Waals surface area contributed by atoms with Gasteiger partial charge in [-0.25, -0.2) is 0 Å². The van der Waals surface area contributed by atoms with Crippen molar-refractivity contribution in [3.05, 3.63) is 65.0 Å². The van der Waals surface area contributed by atoms with Crippen LogP contribution in [0.1, 0.15) is 41.8 Å². The molecule has 9 nitrogen and oxygen atoms in total. The van der Waals surface area contributed by atoms with Gasteiger partial charge in [-0.05, 0) is 72.9 Å². The zero-order chi connectivity index (χ0) is 28.7. The largest absolute Gasteiger partial charge is 0.493 e. The number of unbranched alkanes of at least 4 members (excludes halogenated alkanes) is 2. The van der Waals surface area contributed by atoms with Crippen LogP contribution >= 0.6 is 28.7 Å². The molecule has 3 rings (SSSR count). The number of benzene rings is 2. The lowest BCUT2D eigenvalue weighted by atomic mass is 10.1. The Hall–Kier alpha value is -3.70. The predicted octanol–water partition coefficient (Wildman–Crippen LogP) is 6.61. The van der Waals surface area contributed by atoms with Gasteiger partial charge in [0.1, 0.15) is 0 Å². The number of thioether (sulfide) groups is 1. The Balaban J connectivity index is 0.00000588. The zero-order valence-corrected chi connectivity index (χ0v) is 26.2. The first-order valence-corrected chi connectivity index (χ1v) is 13.7. The van der Waals surface area contributed by atoms with E-state index in [2.05, 4.69) is 9.97 Å². The van der Waals surface area contributed by atoms with E-state index in [-0.39, 0.29) is 22.1 Å². The minimum atomic E-state index is 0. The van der Waals surface area contributed by atoms with Crippen LogP contribution in [0.5, 0.6) is 29.0 Å². The van der Waals surface area contributed by atoms with Crippen LogP contribution < -0.4 is 29.4 Å². The van der Waals surface area contributed by atoms with Crippen LogP contribution in [-0.2, 0) is 0 Å². The molecular weight excluding hydrogens is 608 g/mol. The standard InChI is InChI=1S/C30H36N4O5S.BrH/c1-35-25-14-10-21(18-27(25)37-3)8-12-23-20-24(13-9-22-11-15-26(36-2)28(19-22)38-4)34-30(33-23)39-16-6-5-7-17-40-29(31)32;/h8-15,18-20H,5-7,16-17H2,1-4H3,(H3,31,32);1H/b12-8+,13-9+;. The second-order valence-electron chi connectivity index (χ2n) is 8.52. The highest BCUT2D eigenvalue weighted by Gasteiger charge is 2.07. The minimum Gasteiger partial charge on any atom is -0.493 e. The molecule has 0 bridgehead atoms. The average molecular weight is 646 g/mol. The third kappa shape index (κ3) is 11.0. The molecular formula is C30H37BrN4O5S. The molecule has 3 N–H and O–H groups in total. The molecule has 0 saturated carbocycles. The molecule has 0 aliphatic rings. The summed E-state index contributed by atoms with van der Waals surface area (Å²) >= 11 is 1.36. The first kappa shape index (κ1) is 33.5. The summed E-state index contributed by atoms with van der Waals surface area (Å²) in [6.07, 6.45) is 10.5. The van der Waals surface area contributed by atoms with E-state index in [9.17, 15) is 0 Å². The highest BCUT2D eigenvalue weighted by atomic mass is 79.9. The van der Waals surface area contributed by atoms with E-state index < -0.39 is 0 Å². The fourth-order valence-corrected chi connectivity index (χ4v) is 4.27. The third-order valence-electron chi connectivity index (χ3n) is 5.73. The first-order valence-electron chi connectivity index (χ1n) is 12.7. The van der Waals surface area contributed by atoms with E-state index in [1.807, 2.05) is 66.8 Å². The Kier molecular flexibility index (Phi) is 14.6. The molecule has 0 radical (unpaired) electrons. The van der Waals surface area contributed by atoms with Crippen LogP contribution in [0.4, 0.5) is 0 Å². The minimum absolute atomic E-state index is 0. The summed E-state index contributed by atoms with van der Waals surface area (Å²) in [5.74, 6) is 3.46. The molecule has 0 fully saturated rings. The van der Waals surface area contributed by atoms with Crippen molar-refractivity contribution in [3.63, 3.8) is 0 Å². The molecule has 1 heterocycles. The number of amidine groups is 1. The van der Waals surface area contributed by atoms with Gasteiger partial charge in [-0.1, -0.05) is 36.0 Å². The molecule has 0 aliphatic carbocycles. The van der Waals surface area contributed by atoms with Gasteiger partial charge in [-0.2, -0.15) is 9.97 Å². The maximum atomic E-state index is 7.28. The Labute approximate surface area is 256 Å². The van der Waals surface area contributed by atoms with Gasteiger partial charge >= 0.3 is 6.01 Å². The van der Waals surface area contributed by atoms with Crippen LogP contribution in [0.25, 0.3) is 24.3 Å². The Morgan fingerprint density at radius 2 is 1.24 bits per heavy atom. The summed E-state index contributed by atoms with van der Waals surface area (Å²) in [6.45, 7) is 0.492. The fourth-order valence-electron chi connectivity index (χ4n) is 3.70. The van der Waals surface area contributed by atoms with Crippen LogP contribution in [-0.4, -0.2) is 55.9 Å². The van der Waals surface area contributed by atoms with E-state index in [1.54, 1.807) is 28.4 Å². The monoisotopic (exact) mass is 644 g/mol. The van der Waals surface area contributed by atoms with Crippen LogP contribution in [0.15, 0.2) is 42.5 Å². The number of aromatic nitrogens is 2. The molecule has 0 spiro atoms. The predicted molar refractivity (Wildman–Crippen MR) is 173 cm³/mol. The highest BCUT2D eigenvalue weighted by Crippen LogP contribution is 2.29. The molecule has 0 atom stereocenters. The second kappa shape index (κ2) is 17.9.